The van der Waals surface area contributed by atoms with Crippen LogP contribution in [0.3, 0.4) is 0 Å². The lowest BCUT2D eigenvalue weighted by atomic mass is 10.0. The van der Waals surface area contributed by atoms with Crippen LogP contribution in [0.2, 0.25) is 0 Å². The van der Waals surface area contributed by atoms with E-state index < -0.39 is 0 Å². The summed E-state index contributed by atoms with van der Waals surface area (Å²) in [4.78, 5) is 26.5. The van der Waals surface area contributed by atoms with Crippen molar-refractivity contribution in [3.05, 3.63) is 77.0 Å². The molecule has 2 aromatic heterocycles. The molecule has 1 aliphatic heterocycles. The van der Waals surface area contributed by atoms with Gasteiger partial charge in [0.2, 0.25) is 5.95 Å². The first-order chi connectivity index (χ1) is 16.9. The number of nitrogen functional groups attached to an aromatic ring is 1. The van der Waals surface area contributed by atoms with Gasteiger partial charge in [-0.25, -0.2) is 19.0 Å². The van der Waals surface area contributed by atoms with Crippen molar-refractivity contribution < 1.29 is 9.13 Å². The zero-order chi connectivity index (χ0) is 24.5. The summed E-state index contributed by atoms with van der Waals surface area (Å²) in [7, 11) is 3.57. The van der Waals surface area contributed by atoms with Gasteiger partial charge in [-0.2, -0.15) is 4.79 Å². The second-order valence-electron chi connectivity index (χ2n) is 8.31. The third-order valence-electron chi connectivity index (χ3n) is 6.06. The molecule has 1 aliphatic rings. The van der Waals surface area contributed by atoms with Gasteiger partial charge in [0.25, 0.3) is 5.56 Å². The van der Waals surface area contributed by atoms with Crippen LogP contribution in [-0.4, -0.2) is 52.8 Å². The Morgan fingerprint density at radius 1 is 1.09 bits per heavy atom. The molecule has 9 nitrogen and oxygen atoms in total. The Morgan fingerprint density at radius 2 is 1.83 bits per heavy atom. The summed E-state index contributed by atoms with van der Waals surface area (Å²) in [6, 6.07) is 15.1. The summed E-state index contributed by atoms with van der Waals surface area (Å²) in [5.41, 5.74) is 9.44. The molecule has 180 valence electrons. The van der Waals surface area contributed by atoms with E-state index in [0.717, 1.165) is 5.69 Å². The van der Waals surface area contributed by atoms with E-state index in [0.29, 0.717) is 60.5 Å². The van der Waals surface area contributed by atoms with Gasteiger partial charge in [0.15, 0.2) is 0 Å². The number of rotatable bonds is 5. The maximum absolute atomic E-state index is 13.7. The van der Waals surface area contributed by atoms with Crippen molar-refractivity contribution in [2.75, 3.05) is 49.0 Å². The zero-order valence-electron chi connectivity index (χ0n) is 19.6. The Morgan fingerprint density at radius 3 is 2.54 bits per heavy atom. The minimum absolute atomic E-state index is 0.206. The number of nitrogens with two attached hydrogens (primary N) is 1. The molecule has 0 radical (unpaired) electrons. The molecule has 0 unspecified atom stereocenters. The van der Waals surface area contributed by atoms with Crippen LogP contribution in [0.25, 0.3) is 22.5 Å². The summed E-state index contributed by atoms with van der Waals surface area (Å²) in [6.45, 7) is 2.31. The normalized spacial score (nSPS) is 13.7. The molecule has 5 rings (SSSR count). The van der Waals surface area contributed by atoms with Crippen molar-refractivity contribution in [3.63, 3.8) is 0 Å². The summed E-state index contributed by atoms with van der Waals surface area (Å²) >= 11 is 0. The number of aromatic nitrogens is 4. The predicted molar refractivity (Wildman–Crippen MR) is 134 cm³/mol. The number of morpholine rings is 1. The van der Waals surface area contributed by atoms with Crippen LogP contribution in [0.5, 0.6) is 0 Å². The fraction of sp³-hybridized carbons (Fsp3) is 0.240. The van der Waals surface area contributed by atoms with Crippen LogP contribution >= 0.6 is 0 Å². The molecule has 1 fully saturated rings. The number of ether oxygens (including phenoxy) is 1. The molecule has 0 saturated carbocycles. The quantitative estimate of drug-likeness (QED) is 0.444. The third-order valence-corrected chi connectivity index (χ3v) is 6.06. The molecule has 0 spiro atoms. The summed E-state index contributed by atoms with van der Waals surface area (Å²) < 4.78 is 20.8. The van der Waals surface area contributed by atoms with Crippen LogP contribution in [0.1, 0.15) is 0 Å². The molecule has 10 heteroatoms. The van der Waals surface area contributed by atoms with E-state index in [4.69, 9.17) is 15.5 Å². The number of hydrogen-bond donors (Lipinski definition) is 1. The summed E-state index contributed by atoms with van der Waals surface area (Å²) in [5, 5.41) is 2.05. The maximum Gasteiger partial charge on any atom is 0.276 e. The third kappa shape index (κ3) is 4.24. The Kier molecular flexibility index (Phi) is 5.96. The molecular formula is C25H26FN7O2. The van der Waals surface area contributed by atoms with Gasteiger partial charge in [-0.3, -0.25) is 9.80 Å². The van der Waals surface area contributed by atoms with Crippen molar-refractivity contribution in [3.8, 4) is 22.5 Å². The SMILES string of the molecule is CN(c1cccc(N)c1)c1nccc(-c2c(-c3ccc(F)cc3)c(=O)n(C)n2N2CCOCC2)n1. The average molecular weight is 476 g/mol. The molecular weight excluding hydrogens is 449 g/mol. The summed E-state index contributed by atoms with van der Waals surface area (Å²) in [6.07, 6.45) is 1.66. The van der Waals surface area contributed by atoms with Gasteiger partial charge in [0, 0.05) is 31.7 Å². The van der Waals surface area contributed by atoms with Gasteiger partial charge in [0.1, 0.15) is 11.5 Å². The second kappa shape index (κ2) is 9.22. The lowest BCUT2D eigenvalue weighted by Gasteiger charge is -2.32. The highest BCUT2D eigenvalue weighted by Gasteiger charge is 2.27. The fourth-order valence-electron chi connectivity index (χ4n) is 4.27. The zero-order valence-corrected chi connectivity index (χ0v) is 19.6. The largest absolute Gasteiger partial charge is 0.399 e. The number of halogens is 1. The second-order valence-corrected chi connectivity index (χ2v) is 8.31. The Balaban J connectivity index is 1.70. The molecule has 0 amide bonds. The van der Waals surface area contributed by atoms with Gasteiger partial charge >= 0.3 is 0 Å². The standard InChI is InChI=1S/C25H26FN7O2/c1-30(20-5-3-4-19(27)16-20)25-28-11-10-21(29-25)23-22(17-6-8-18(26)9-7-17)24(34)31(2)33(23)32-12-14-35-15-13-32/h3-11,16H,12-15,27H2,1-2H3. The lowest BCUT2D eigenvalue weighted by Crippen LogP contribution is -2.47. The minimum Gasteiger partial charge on any atom is -0.399 e. The van der Waals surface area contributed by atoms with Crippen molar-refractivity contribution in [1.29, 1.82) is 0 Å². The van der Waals surface area contributed by atoms with E-state index in [2.05, 4.69) is 9.99 Å². The highest BCUT2D eigenvalue weighted by atomic mass is 19.1. The molecule has 0 atom stereocenters. The Labute approximate surface area is 201 Å². The maximum atomic E-state index is 13.7. The van der Waals surface area contributed by atoms with E-state index in [1.165, 1.54) is 12.1 Å². The van der Waals surface area contributed by atoms with Crippen LogP contribution in [-0.2, 0) is 11.8 Å². The van der Waals surface area contributed by atoms with Gasteiger partial charge in [-0.15, -0.1) is 0 Å². The highest BCUT2D eigenvalue weighted by molar-refractivity contribution is 5.80. The molecule has 1 saturated heterocycles. The smallest absolute Gasteiger partial charge is 0.276 e. The first-order valence-electron chi connectivity index (χ1n) is 11.3. The molecule has 0 aliphatic carbocycles. The van der Waals surface area contributed by atoms with Crippen LogP contribution in [0, 0.1) is 5.82 Å². The van der Waals surface area contributed by atoms with Gasteiger partial charge < -0.3 is 15.4 Å². The molecule has 35 heavy (non-hydrogen) atoms. The van der Waals surface area contributed by atoms with Crippen LogP contribution in [0.15, 0.2) is 65.6 Å². The van der Waals surface area contributed by atoms with E-state index in [1.807, 2.05) is 41.0 Å². The highest BCUT2D eigenvalue weighted by Crippen LogP contribution is 2.31. The lowest BCUT2D eigenvalue weighted by molar-refractivity contribution is 0.107. The topological polar surface area (TPSA) is 94.4 Å². The van der Waals surface area contributed by atoms with Crippen molar-refractivity contribution in [1.82, 2.24) is 19.4 Å². The monoisotopic (exact) mass is 475 g/mol. The van der Waals surface area contributed by atoms with Crippen LogP contribution < -0.4 is 21.2 Å². The van der Waals surface area contributed by atoms with Crippen molar-refractivity contribution in [2.24, 2.45) is 7.05 Å². The Hall–Kier alpha value is -4.18. The minimum atomic E-state index is -0.368. The first-order valence-corrected chi connectivity index (χ1v) is 11.3. The molecule has 3 heterocycles. The number of benzene rings is 2. The van der Waals surface area contributed by atoms with E-state index >= 15 is 0 Å². The summed E-state index contributed by atoms with van der Waals surface area (Å²) in [5.74, 6) is 0.0794. The van der Waals surface area contributed by atoms with Crippen molar-refractivity contribution >= 4 is 17.3 Å². The van der Waals surface area contributed by atoms with E-state index in [-0.39, 0.29) is 11.4 Å². The molecule has 0 bridgehead atoms. The van der Waals surface area contributed by atoms with Crippen LogP contribution in [0.4, 0.5) is 21.7 Å². The average Bonchev–Trinajstić information content (AvgIpc) is 3.15. The fourth-order valence-corrected chi connectivity index (χ4v) is 4.27. The van der Waals surface area contributed by atoms with E-state index in [1.54, 1.807) is 36.1 Å². The number of nitrogens with zero attached hydrogens (tertiary/aromatic N) is 6. The molecule has 4 aromatic rings. The number of hydrogen-bond acceptors (Lipinski definition) is 7. The van der Waals surface area contributed by atoms with Crippen molar-refractivity contribution in [2.45, 2.75) is 0 Å². The predicted octanol–water partition coefficient (Wildman–Crippen LogP) is 2.77. The first kappa shape index (κ1) is 22.6. The van der Waals surface area contributed by atoms with E-state index in [9.17, 15) is 9.18 Å². The molecule has 2 N–H and O–H groups in total. The number of anilines is 3. The van der Waals surface area contributed by atoms with Gasteiger partial charge in [-0.1, -0.05) is 18.2 Å². The van der Waals surface area contributed by atoms with Gasteiger partial charge in [-0.05, 0) is 42.0 Å². The molecule has 2 aromatic carbocycles. The Bertz CT molecular complexity index is 1410. The van der Waals surface area contributed by atoms with Gasteiger partial charge in [0.05, 0.1) is 37.6 Å².